The summed E-state index contributed by atoms with van der Waals surface area (Å²) in [6, 6.07) is 2.85. The number of nitrogens with zero attached hydrogens (tertiary/aromatic N) is 4. The van der Waals surface area contributed by atoms with Crippen LogP contribution in [0.25, 0.3) is 0 Å². The maximum Gasteiger partial charge on any atom is 0.406 e. The molecule has 104 valence electrons. The molecule has 2 aromatic rings. The Morgan fingerprint density at radius 2 is 2.35 bits per heavy atom. The van der Waals surface area contributed by atoms with E-state index in [0.29, 0.717) is 10.1 Å². The molecule has 10 heteroatoms. The van der Waals surface area contributed by atoms with E-state index in [2.05, 4.69) is 20.5 Å². The molecule has 2 rings (SSSR count). The average molecular weight is 295 g/mol. The molecule has 0 spiro atoms. The molecule has 2 aromatic heterocycles. The first-order valence-electron chi connectivity index (χ1n) is 5.38. The lowest BCUT2D eigenvalue weighted by atomic mass is 10.4. The van der Waals surface area contributed by atoms with E-state index in [9.17, 15) is 14.9 Å². The Hall–Kier alpha value is -2.62. The van der Waals surface area contributed by atoms with E-state index in [-0.39, 0.29) is 12.4 Å². The van der Waals surface area contributed by atoms with Gasteiger partial charge in [0.25, 0.3) is 5.91 Å². The molecule has 0 atom stereocenters. The van der Waals surface area contributed by atoms with Gasteiger partial charge < -0.3 is 14.9 Å². The molecule has 0 aliphatic heterocycles. The lowest BCUT2D eigenvalue weighted by Gasteiger charge is -2.05. The van der Waals surface area contributed by atoms with Crippen molar-refractivity contribution in [2.24, 2.45) is 0 Å². The van der Waals surface area contributed by atoms with E-state index in [1.165, 1.54) is 29.7 Å². The van der Waals surface area contributed by atoms with Gasteiger partial charge in [-0.1, -0.05) is 11.3 Å². The molecule has 0 aliphatic rings. The Bertz CT molecular complexity index is 644. The molecule has 1 N–H and O–H groups in total. The maximum absolute atomic E-state index is 11.6. The van der Waals surface area contributed by atoms with Crippen molar-refractivity contribution in [2.75, 3.05) is 11.9 Å². The predicted octanol–water partition coefficient (Wildman–Crippen LogP) is 1.17. The fourth-order valence-electron chi connectivity index (χ4n) is 1.28. The molecule has 0 radical (unpaired) electrons. The van der Waals surface area contributed by atoms with Crippen LogP contribution in [0.4, 0.5) is 10.9 Å². The van der Waals surface area contributed by atoms with Gasteiger partial charge in [-0.15, -0.1) is 10.2 Å². The second-order valence-electron chi connectivity index (χ2n) is 3.55. The summed E-state index contributed by atoms with van der Waals surface area (Å²) in [6.45, 7) is 1.37. The summed E-state index contributed by atoms with van der Waals surface area (Å²) in [5, 5.41) is 21.7. The zero-order valence-corrected chi connectivity index (χ0v) is 11.1. The SMILES string of the molecule is Cc1nnc(NC(=O)COc2cccnc2[N+](=O)[O-])s1. The van der Waals surface area contributed by atoms with Crippen molar-refractivity contribution in [1.29, 1.82) is 0 Å². The van der Waals surface area contributed by atoms with Crippen LogP contribution < -0.4 is 10.1 Å². The van der Waals surface area contributed by atoms with Crippen molar-refractivity contribution in [3.8, 4) is 5.75 Å². The molecular weight excluding hydrogens is 286 g/mol. The van der Waals surface area contributed by atoms with Crippen LogP contribution in [0.1, 0.15) is 5.01 Å². The van der Waals surface area contributed by atoms with Gasteiger partial charge in [-0.2, -0.15) is 0 Å². The lowest BCUT2D eigenvalue weighted by molar-refractivity contribution is -0.390. The van der Waals surface area contributed by atoms with Crippen molar-refractivity contribution >= 4 is 28.2 Å². The van der Waals surface area contributed by atoms with Crippen molar-refractivity contribution < 1.29 is 14.5 Å². The molecule has 0 fully saturated rings. The second-order valence-corrected chi connectivity index (χ2v) is 4.73. The summed E-state index contributed by atoms with van der Waals surface area (Å²) < 4.78 is 5.08. The Morgan fingerprint density at radius 3 is 3.00 bits per heavy atom. The Labute approximate surface area is 116 Å². The molecule has 0 saturated carbocycles. The highest BCUT2D eigenvalue weighted by atomic mass is 32.1. The highest BCUT2D eigenvalue weighted by molar-refractivity contribution is 7.15. The van der Waals surface area contributed by atoms with Crippen molar-refractivity contribution in [3.63, 3.8) is 0 Å². The number of carbonyl (C=O) groups excluding carboxylic acids is 1. The Kier molecular flexibility index (Phi) is 4.15. The number of nitrogens with one attached hydrogen (secondary N) is 1. The van der Waals surface area contributed by atoms with Crippen molar-refractivity contribution in [1.82, 2.24) is 15.2 Å². The van der Waals surface area contributed by atoms with Crippen LogP contribution >= 0.6 is 11.3 Å². The van der Waals surface area contributed by atoms with Gasteiger partial charge in [-0.25, -0.2) is 0 Å². The number of pyridine rings is 1. The van der Waals surface area contributed by atoms with Crippen LogP contribution in [0.3, 0.4) is 0 Å². The van der Waals surface area contributed by atoms with Crippen LogP contribution in [0.2, 0.25) is 0 Å². The third-order valence-corrected chi connectivity index (χ3v) is 2.81. The summed E-state index contributed by atoms with van der Waals surface area (Å²) in [6.07, 6.45) is 1.27. The molecule has 0 aliphatic carbocycles. The topological polar surface area (TPSA) is 120 Å². The third kappa shape index (κ3) is 3.45. The number of carbonyl (C=O) groups is 1. The number of aromatic nitrogens is 3. The minimum absolute atomic E-state index is 0.0684. The van der Waals surface area contributed by atoms with E-state index >= 15 is 0 Å². The van der Waals surface area contributed by atoms with Crippen molar-refractivity contribution in [2.45, 2.75) is 6.92 Å². The average Bonchev–Trinajstić information content (AvgIpc) is 2.82. The third-order valence-electron chi connectivity index (χ3n) is 2.05. The number of hydrogen-bond donors (Lipinski definition) is 1. The molecule has 2 heterocycles. The number of hydrogen-bond acceptors (Lipinski definition) is 8. The monoisotopic (exact) mass is 295 g/mol. The fourth-order valence-corrected chi connectivity index (χ4v) is 1.89. The van der Waals surface area contributed by atoms with Gasteiger partial charge in [0.2, 0.25) is 10.9 Å². The van der Waals surface area contributed by atoms with Crippen LogP contribution in [0.15, 0.2) is 18.3 Å². The van der Waals surface area contributed by atoms with Crippen LogP contribution in [0.5, 0.6) is 5.75 Å². The number of rotatable bonds is 5. The number of amides is 1. The zero-order valence-electron chi connectivity index (χ0n) is 10.3. The van der Waals surface area contributed by atoms with E-state index < -0.39 is 16.6 Å². The molecule has 0 saturated heterocycles. The summed E-state index contributed by atoms with van der Waals surface area (Å²) in [5.74, 6) is -0.993. The van der Waals surface area contributed by atoms with Crippen LogP contribution in [0, 0.1) is 17.0 Å². The number of anilines is 1. The quantitative estimate of drug-likeness (QED) is 0.649. The number of nitro groups is 1. The van der Waals surface area contributed by atoms with E-state index in [0.717, 1.165) is 0 Å². The molecular formula is C10H9N5O4S. The van der Waals surface area contributed by atoms with Gasteiger partial charge in [0.1, 0.15) is 11.2 Å². The Balaban J connectivity index is 1.95. The first-order valence-corrected chi connectivity index (χ1v) is 6.20. The molecule has 0 unspecified atom stereocenters. The smallest absolute Gasteiger partial charge is 0.406 e. The normalized spacial score (nSPS) is 10.1. The van der Waals surface area contributed by atoms with Gasteiger partial charge in [-0.05, 0) is 29.0 Å². The fraction of sp³-hybridized carbons (Fsp3) is 0.200. The van der Waals surface area contributed by atoms with Gasteiger partial charge in [0.15, 0.2) is 6.61 Å². The summed E-state index contributed by atoms with van der Waals surface area (Å²) in [7, 11) is 0. The van der Waals surface area contributed by atoms with Gasteiger partial charge >= 0.3 is 5.82 Å². The molecule has 9 nitrogen and oxygen atoms in total. The molecule has 0 aromatic carbocycles. The van der Waals surface area contributed by atoms with Gasteiger partial charge in [-0.3, -0.25) is 10.1 Å². The largest absolute Gasteiger partial charge is 0.476 e. The predicted molar refractivity (Wildman–Crippen MR) is 69.7 cm³/mol. The zero-order chi connectivity index (χ0) is 14.5. The molecule has 20 heavy (non-hydrogen) atoms. The first-order chi connectivity index (χ1) is 9.56. The lowest BCUT2D eigenvalue weighted by Crippen LogP contribution is -2.20. The van der Waals surface area contributed by atoms with E-state index in [1.54, 1.807) is 6.92 Å². The molecule has 0 bridgehead atoms. The highest BCUT2D eigenvalue weighted by Gasteiger charge is 2.17. The maximum atomic E-state index is 11.6. The minimum Gasteiger partial charge on any atom is -0.476 e. The minimum atomic E-state index is -0.679. The Morgan fingerprint density at radius 1 is 1.55 bits per heavy atom. The standard InChI is InChI=1S/C10H9N5O4S/c1-6-13-14-10(20-6)12-8(16)5-19-7-3-2-4-11-9(7)15(17)18/h2-4H,5H2,1H3,(H,12,14,16). The van der Waals surface area contributed by atoms with Crippen LogP contribution in [-0.4, -0.2) is 32.6 Å². The molecule has 1 amide bonds. The van der Waals surface area contributed by atoms with Crippen molar-refractivity contribution in [3.05, 3.63) is 33.5 Å². The van der Waals surface area contributed by atoms with E-state index in [4.69, 9.17) is 4.74 Å². The van der Waals surface area contributed by atoms with Crippen LogP contribution in [-0.2, 0) is 4.79 Å². The second kappa shape index (κ2) is 6.02. The first kappa shape index (κ1) is 13.8. The summed E-state index contributed by atoms with van der Waals surface area (Å²) in [4.78, 5) is 25.2. The van der Waals surface area contributed by atoms with Gasteiger partial charge in [0, 0.05) is 0 Å². The summed E-state index contributed by atoms with van der Waals surface area (Å²) in [5.41, 5.74) is 0. The highest BCUT2D eigenvalue weighted by Crippen LogP contribution is 2.22. The summed E-state index contributed by atoms with van der Waals surface area (Å²) >= 11 is 1.22. The number of aryl methyl sites for hydroxylation is 1. The van der Waals surface area contributed by atoms with E-state index in [1.807, 2.05) is 0 Å². The van der Waals surface area contributed by atoms with Gasteiger partial charge in [0.05, 0.1) is 0 Å². The number of ether oxygens (including phenoxy) is 1.